The van der Waals surface area contributed by atoms with Gasteiger partial charge in [-0.25, -0.2) is 0 Å². The Morgan fingerprint density at radius 1 is 1.17 bits per heavy atom. The highest BCUT2D eigenvalue weighted by Crippen LogP contribution is 2.29. The van der Waals surface area contributed by atoms with E-state index in [2.05, 4.69) is 10.8 Å². The Hall–Kier alpha value is -1.16. The van der Waals surface area contributed by atoms with Crippen LogP contribution in [0.25, 0.3) is 0 Å². The third-order valence-electron chi connectivity index (χ3n) is 2.58. The summed E-state index contributed by atoms with van der Waals surface area (Å²) >= 11 is 1.80. The number of hydrogen-bond acceptors (Lipinski definition) is 4. The first-order chi connectivity index (χ1) is 8.77. The number of hydrogen-bond donors (Lipinski definition) is 0. The maximum absolute atomic E-state index is 10.9. The molecule has 4 heteroatoms. The van der Waals surface area contributed by atoms with E-state index < -0.39 is 0 Å². The molecule has 0 saturated heterocycles. The van der Waals surface area contributed by atoms with Crippen molar-refractivity contribution >= 4 is 17.7 Å². The second-order valence-electron chi connectivity index (χ2n) is 3.89. The van der Waals surface area contributed by atoms with Gasteiger partial charge in [-0.3, -0.25) is 4.79 Å². The summed E-state index contributed by atoms with van der Waals surface area (Å²) in [6, 6.07) is 8.03. The van der Waals surface area contributed by atoms with E-state index in [0.29, 0.717) is 6.42 Å². The number of unbranched alkanes of at least 4 members (excludes halogenated alkanes) is 2. The highest BCUT2D eigenvalue weighted by atomic mass is 32.2. The van der Waals surface area contributed by atoms with Crippen molar-refractivity contribution in [1.29, 1.82) is 0 Å². The highest BCUT2D eigenvalue weighted by molar-refractivity contribution is 7.99. The van der Waals surface area contributed by atoms with Gasteiger partial charge in [0.15, 0.2) is 0 Å². The van der Waals surface area contributed by atoms with Gasteiger partial charge in [0.25, 0.3) is 0 Å². The van der Waals surface area contributed by atoms with Crippen LogP contribution in [0.2, 0.25) is 0 Å². The zero-order valence-electron chi connectivity index (χ0n) is 11.0. The van der Waals surface area contributed by atoms with Crippen molar-refractivity contribution in [2.75, 3.05) is 20.0 Å². The first kappa shape index (κ1) is 14.9. The zero-order chi connectivity index (χ0) is 13.2. The molecule has 100 valence electrons. The van der Waals surface area contributed by atoms with Gasteiger partial charge in [-0.15, -0.1) is 11.8 Å². The van der Waals surface area contributed by atoms with Crippen LogP contribution in [-0.2, 0) is 9.53 Å². The van der Waals surface area contributed by atoms with Crippen LogP contribution in [0.5, 0.6) is 5.75 Å². The van der Waals surface area contributed by atoms with Crippen LogP contribution in [0.1, 0.15) is 25.7 Å². The maximum Gasteiger partial charge on any atom is 0.305 e. The molecule has 0 spiro atoms. The van der Waals surface area contributed by atoms with Crippen molar-refractivity contribution in [3.8, 4) is 5.75 Å². The Morgan fingerprint density at radius 2 is 1.94 bits per heavy atom. The molecule has 0 heterocycles. The fraction of sp³-hybridized carbons (Fsp3) is 0.500. The van der Waals surface area contributed by atoms with Gasteiger partial charge in [0.05, 0.1) is 14.2 Å². The Kier molecular flexibility index (Phi) is 7.34. The average molecular weight is 268 g/mol. The summed E-state index contributed by atoms with van der Waals surface area (Å²) in [7, 11) is 3.12. The van der Waals surface area contributed by atoms with Gasteiger partial charge in [0.2, 0.25) is 0 Å². The summed E-state index contributed by atoms with van der Waals surface area (Å²) in [5.41, 5.74) is 0. The van der Waals surface area contributed by atoms with Crippen molar-refractivity contribution in [3.05, 3.63) is 24.3 Å². The van der Waals surface area contributed by atoms with Crippen LogP contribution < -0.4 is 4.74 Å². The molecule has 0 amide bonds. The minimum atomic E-state index is -0.118. The van der Waals surface area contributed by atoms with E-state index in [0.717, 1.165) is 30.8 Å². The molecule has 18 heavy (non-hydrogen) atoms. The predicted octanol–water partition coefficient (Wildman–Crippen LogP) is 3.52. The van der Waals surface area contributed by atoms with E-state index >= 15 is 0 Å². The Bertz CT molecular complexity index is 366. The quantitative estimate of drug-likeness (QED) is 0.410. The molecule has 0 radical (unpaired) electrons. The minimum absolute atomic E-state index is 0.118. The lowest BCUT2D eigenvalue weighted by atomic mass is 10.2. The Morgan fingerprint density at radius 3 is 2.67 bits per heavy atom. The Balaban J connectivity index is 2.16. The molecule has 0 aliphatic heterocycles. The maximum atomic E-state index is 10.9. The van der Waals surface area contributed by atoms with Crippen LogP contribution in [0.3, 0.4) is 0 Å². The molecular formula is C14H20O3S. The lowest BCUT2D eigenvalue weighted by Gasteiger charge is -2.07. The normalized spacial score (nSPS) is 10.1. The molecule has 0 aliphatic rings. The molecule has 3 nitrogen and oxygen atoms in total. The van der Waals surface area contributed by atoms with Crippen molar-refractivity contribution in [3.63, 3.8) is 0 Å². The van der Waals surface area contributed by atoms with Gasteiger partial charge < -0.3 is 9.47 Å². The van der Waals surface area contributed by atoms with Crippen molar-refractivity contribution in [1.82, 2.24) is 0 Å². The van der Waals surface area contributed by atoms with Gasteiger partial charge in [-0.1, -0.05) is 18.6 Å². The number of esters is 1. The van der Waals surface area contributed by atoms with E-state index in [1.54, 1.807) is 18.9 Å². The third kappa shape index (κ3) is 5.45. The molecule has 0 atom stereocenters. The summed E-state index contributed by atoms with van der Waals surface area (Å²) in [6.07, 6.45) is 3.58. The molecule has 0 bridgehead atoms. The summed E-state index contributed by atoms with van der Waals surface area (Å²) in [4.78, 5) is 12.1. The number of benzene rings is 1. The summed E-state index contributed by atoms with van der Waals surface area (Å²) < 4.78 is 9.88. The van der Waals surface area contributed by atoms with E-state index in [9.17, 15) is 4.79 Å². The Labute approximate surface area is 113 Å². The number of para-hydroxylation sites is 1. The monoisotopic (exact) mass is 268 g/mol. The standard InChI is InChI=1S/C14H20O3S/c1-16-12-8-5-6-9-13(12)18-11-7-3-4-10-14(15)17-2/h5-6,8-9H,3-4,7,10-11H2,1-2H3. The number of thioether (sulfide) groups is 1. The van der Waals surface area contributed by atoms with Crippen LogP contribution in [0, 0.1) is 0 Å². The molecule has 1 aromatic rings. The number of carbonyl (C=O) groups excluding carboxylic acids is 1. The van der Waals surface area contributed by atoms with Crippen LogP contribution in [-0.4, -0.2) is 25.9 Å². The predicted molar refractivity (Wildman–Crippen MR) is 74.2 cm³/mol. The lowest BCUT2D eigenvalue weighted by molar-refractivity contribution is -0.140. The number of rotatable bonds is 8. The first-order valence-electron chi connectivity index (χ1n) is 6.10. The van der Waals surface area contributed by atoms with Gasteiger partial charge in [0, 0.05) is 11.3 Å². The molecular weight excluding hydrogens is 248 g/mol. The van der Waals surface area contributed by atoms with Gasteiger partial charge >= 0.3 is 5.97 Å². The number of ether oxygens (including phenoxy) is 2. The summed E-state index contributed by atoms with van der Waals surface area (Å²) in [5, 5.41) is 0. The molecule has 0 fully saturated rings. The summed E-state index contributed by atoms with van der Waals surface area (Å²) in [6.45, 7) is 0. The smallest absolute Gasteiger partial charge is 0.305 e. The fourth-order valence-corrected chi connectivity index (χ4v) is 2.61. The topological polar surface area (TPSA) is 35.5 Å². The van der Waals surface area contributed by atoms with Gasteiger partial charge in [-0.05, 0) is 30.7 Å². The molecule has 1 aromatic carbocycles. The molecule has 0 aliphatic carbocycles. The molecule has 1 rings (SSSR count). The number of methoxy groups -OCH3 is 2. The average Bonchev–Trinajstić information content (AvgIpc) is 2.42. The van der Waals surface area contributed by atoms with E-state index in [-0.39, 0.29) is 5.97 Å². The van der Waals surface area contributed by atoms with E-state index in [1.807, 2.05) is 18.2 Å². The largest absolute Gasteiger partial charge is 0.496 e. The lowest BCUT2D eigenvalue weighted by Crippen LogP contribution is -1.99. The van der Waals surface area contributed by atoms with Crippen molar-refractivity contribution in [2.45, 2.75) is 30.6 Å². The van der Waals surface area contributed by atoms with Crippen molar-refractivity contribution < 1.29 is 14.3 Å². The van der Waals surface area contributed by atoms with Gasteiger partial charge in [0.1, 0.15) is 5.75 Å². The van der Waals surface area contributed by atoms with Crippen molar-refractivity contribution in [2.24, 2.45) is 0 Å². The van der Waals surface area contributed by atoms with E-state index in [1.165, 1.54) is 12.0 Å². The zero-order valence-corrected chi connectivity index (χ0v) is 11.8. The second-order valence-corrected chi connectivity index (χ2v) is 5.02. The number of carbonyl (C=O) groups is 1. The van der Waals surface area contributed by atoms with Gasteiger partial charge in [-0.2, -0.15) is 0 Å². The van der Waals surface area contributed by atoms with E-state index in [4.69, 9.17) is 4.74 Å². The minimum Gasteiger partial charge on any atom is -0.496 e. The molecule has 0 aromatic heterocycles. The third-order valence-corrected chi connectivity index (χ3v) is 3.72. The highest BCUT2D eigenvalue weighted by Gasteiger charge is 2.02. The molecule has 0 unspecified atom stereocenters. The second kappa shape index (κ2) is 8.86. The van der Waals surface area contributed by atoms with Crippen LogP contribution in [0.4, 0.5) is 0 Å². The van der Waals surface area contributed by atoms with Crippen LogP contribution in [0.15, 0.2) is 29.2 Å². The molecule has 0 N–H and O–H groups in total. The SMILES string of the molecule is COC(=O)CCCCCSc1ccccc1OC. The molecule has 0 saturated carbocycles. The summed E-state index contributed by atoms with van der Waals surface area (Å²) in [5.74, 6) is 1.85. The first-order valence-corrected chi connectivity index (χ1v) is 7.09. The van der Waals surface area contributed by atoms with Crippen LogP contribution >= 0.6 is 11.8 Å². The fourth-order valence-electron chi connectivity index (χ4n) is 1.57.